The van der Waals surface area contributed by atoms with Gasteiger partial charge in [-0.1, -0.05) is 89.2 Å². The third-order valence-electron chi connectivity index (χ3n) is 11.0. The average Bonchev–Trinajstić information content (AvgIpc) is 2.69. The zero-order chi connectivity index (χ0) is 24.1. The number of hydrogen-bond acceptors (Lipinski definition) is 1. The molecule has 0 amide bonds. The van der Waals surface area contributed by atoms with Gasteiger partial charge >= 0.3 is 0 Å². The van der Waals surface area contributed by atoms with Gasteiger partial charge in [0.05, 0.1) is 0 Å². The van der Waals surface area contributed by atoms with Gasteiger partial charge in [-0.25, -0.2) is 0 Å². The molecule has 1 nitrogen and oxygen atoms in total. The van der Waals surface area contributed by atoms with Crippen LogP contribution in [0.4, 0.5) is 0 Å². The molecule has 2 aliphatic carbocycles. The molecule has 33 heavy (non-hydrogen) atoms. The summed E-state index contributed by atoms with van der Waals surface area (Å²) in [5.74, 6) is 0. The first-order valence-corrected chi connectivity index (χ1v) is 12.5. The van der Waals surface area contributed by atoms with Gasteiger partial charge in [-0.05, 0) is 62.2 Å². The van der Waals surface area contributed by atoms with Crippen molar-refractivity contribution in [3.63, 3.8) is 0 Å². The van der Waals surface area contributed by atoms with Gasteiger partial charge in [0.1, 0.15) is 0 Å². The molecule has 2 heteroatoms. The fourth-order valence-electron chi connectivity index (χ4n) is 6.51. The van der Waals surface area contributed by atoms with E-state index in [2.05, 4.69) is 114 Å². The van der Waals surface area contributed by atoms with E-state index in [4.69, 9.17) is 4.98 Å². The SMILES string of the molecule is CC1(C)CCC(C)(C)c2cc(-c3[c-]cc4c(c3)C(C)(C)C(C)(C)C(C)(C)C4(C)C)ncc21.[Ir]. The molecule has 4 rings (SSSR count). The fraction of sp³-hybridized carbons (Fsp3) is 0.645. The quantitative estimate of drug-likeness (QED) is 0.291. The first-order chi connectivity index (χ1) is 14.4. The Bertz CT molecular complexity index is 1080. The molecule has 0 spiro atoms. The van der Waals surface area contributed by atoms with E-state index < -0.39 is 0 Å². The number of pyridine rings is 1. The molecule has 0 fully saturated rings. The van der Waals surface area contributed by atoms with Gasteiger partial charge in [-0.15, -0.1) is 34.9 Å². The van der Waals surface area contributed by atoms with Crippen molar-refractivity contribution in [2.24, 2.45) is 10.8 Å². The van der Waals surface area contributed by atoms with E-state index in [1.807, 2.05) is 0 Å². The first-order valence-electron chi connectivity index (χ1n) is 12.5. The minimum atomic E-state index is 0. The number of nitrogens with zero attached hydrogens (tertiary/aromatic N) is 1. The predicted octanol–water partition coefficient (Wildman–Crippen LogP) is 8.52. The van der Waals surface area contributed by atoms with E-state index in [0.717, 1.165) is 11.3 Å². The molecule has 1 radical (unpaired) electrons. The summed E-state index contributed by atoms with van der Waals surface area (Å²) < 4.78 is 0. The van der Waals surface area contributed by atoms with Crippen LogP contribution in [0.5, 0.6) is 0 Å². The number of aromatic nitrogens is 1. The topological polar surface area (TPSA) is 12.9 Å². The summed E-state index contributed by atoms with van der Waals surface area (Å²) in [5, 5.41) is 0. The molecule has 2 aromatic rings. The largest absolute Gasteiger partial charge is 0.304 e. The van der Waals surface area contributed by atoms with Gasteiger partial charge in [0.15, 0.2) is 0 Å². The number of fused-ring (bicyclic) bond motifs is 2. The fourth-order valence-corrected chi connectivity index (χ4v) is 6.51. The number of benzene rings is 1. The van der Waals surface area contributed by atoms with Crippen LogP contribution < -0.4 is 0 Å². The Balaban J connectivity index is 0.00000306. The maximum atomic E-state index is 4.99. The Morgan fingerprint density at radius 1 is 0.636 bits per heavy atom. The summed E-state index contributed by atoms with van der Waals surface area (Å²) in [6.07, 6.45) is 4.59. The van der Waals surface area contributed by atoms with Crippen molar-refractivity contribution >= 4 is 0 Å². The van der Waals surface area contributed by atoms with Crippen LogP contribution in [-0.2, 0) is 41.8 Å². The average molecular weight is 623 g/mol. The van der Waals surface area contributed by atoms with Crippen molar-refractivity contribution in [1.82, 2.24) is 4.98 Å². The van der Waals surface area contributed by atoms with Crippen molar-refractivity contribution in [2.45, 2.75) is 118 Å². The molecule has 0 bridgehead atoms. The van der Waals surface area contributed by atoms with Crippen molar-refractivity contribution in [3.8, 4) is 11.3 Å². The smallest absolute Gasteiger partial charge is 0.0201 e. The molecular formula is C31H44IrN-. The zero-order valence-corrected chi connectivity index (χ0v) is 25.4. The van der Waals surface area contributed by atoms with Crippen molar-refractivity contribution < 1.29 is 20.1 Å². The maximum absolute atomic E-state index is 4.99. The van der Waals surface area contributed by atoms with E-state index >= 15 is 0 Å². The van der Waals surface area contributed by atoms with Crippen LogP contribution in [-0.4, -0.2) is 4.98 Å². The molecule has 0 saturated carbocycles. The standard InChI is InChI=1S/C31H44N.Ir/c1-26(2)15-16-27(3,4)24-19-32-25(18-22(24)26)20-13-14-21-23(17-20)29(7,8)31(11,12)30(9,10)28(21,5)6;/h14,17-19H,15-16H2,1-12H3;/q-1;. The van der Waals surface area contributed by atoms with Crippen molar-refractivity contribution in [2.75, 3.05) is 0 Å². The van der Waals surface area contributed by atoms with Crippen LogP contribution in [0.25, 0.3) is 11.3 Å². The molecular weight excluding hydrogens is 579 g/mol. The minimum absolute atomic E-state index is 0. The van der Waals surface area contributed by atoms with Crippen molar-refractivity contribution in [3.05, 3.63) is 52.7 Å². The summed E-state index contributed by atoms with van der Waals surface area (Å²) >= 11 is 0. The van der Waals surface area contributed by atoms with E-state index in [0.29, 0.717) is 0 Å². The third-order valence-corrected chi connectivity index (χ3v) is 11.0. The second-order valence-electron chi connectivity index (χ2n) is 14.1. The molecule has 0 atom stereocenters. The Morgan fingerprint density at radius 2 is 1.12 bits per heavy atom. The van der Waals surface area contributed by atoms with Crippen LogP contribution in [0.15, 0.2) is 24.4 Å². The summed E-state index contributed by atoms with van der Waals surface area (Å²) in [4.78, 5) is 4.99. The Kier molecular flexibility index (Phi) is 6.06. The molecule has 1 aromatic heterocycles. The van der Waals surface area contributed by atoms with E-state index in [9.17, 15) is 0 Å². The molecule has 183 valence electrons. The van der Waals surface area contributed by atoms with E-state index in [1.165, 1.54) is 35.1 Å². The van der Waals surface area contributed by atoms with Crippen LogP contribution in [0.3, 0.4) is 0 Å². The van der Waals surface area contributed by atoms with Crippen LogP contribution >= 0.6 is 0 Å². The molecule has 0 saturated heterocycles. The predicted molar refractivity (Wildman–Crippen MR) is 137 cm³/mol. The van der Waals surface area contributed by atoms with Crippen LogP contribution in [0, 0.1) is 16.9 Å². The van der Waals surface area contributed by atoms with Gasteiger partial charge in [0, 0.05) is 26.3 Å². The van der Waals surface area contributed by atoms with E-state index in [1.54, 1.807) is 0 Å². The van der Waals surface area contributed by atoms with Gasteiger partial charge in [0.2, 0.25) is 0 Å². The second-order valence-corrected chi connectivity index (χ2v) is 14.1. The molecule has 1 heterocycles. The second kappa shape index (κ2) is 7.51. The summed E-state index contributed by atoms with van der Waals surface area (Å²) in [6.45, 7) is 29.0. The molecule has 1 aromatic carbocycles. The Morgan fingerprint density at radius 3 is 1.67 bits per heavy atom. The molecule has 0 unspecified atom stereocenters. The Hall–Kier alpha value is -0.981. The monoisotopic (exact) mass is 623 g/mol. The van der Waals surface area contributed by atoms with Crippen molar-refractivity contribution in [1.29, 1.82) is 0 Å². The summed E-state index contributed by atoms with van der Waals surface area (Å²) in [5.41, 5.74) is 8.73. The first kappa shape index (κ1) is 26.6. The van der Waals surface area contributed by atoms with Crippen LogP contribution in [0.2, 0.25) is 0 Å². The van der Waals surface area contributed by atoms with Gasteiger partial charge in [-0.3, -0.25) is 0 Å². The van der Waals surface area contributed by atoms with Crippen LogP contribution in [0.1, 0.15) is 118 Å². The summed E-state index contributed by atoms with van der Waals surface area (Å²) in [6, 6.07) is 10.7. The van der Waals surface area contributed by atoms with Gasteiger partial charge in [-0.2, -0.15) is 0 Å². The molecule has 0 aliphatic heterocycles. The third kappa shape index (κ3) is 3.45. The zero-order valence-electron chi connectivity index (χ0n) is 23.0. The summed E-state index contributed by atoms with van der Waals surface area (Å²) in [7, 11) is 0. The number of hydrogen-bond donors (Lipinski definition) is 0. The maximum Gasteiger partial charge on any atom is 0.0201 e. The van der Waals surface area contributed by atoms with E-state index in [-0.39, 0.29) is 52.6 Å². The minimum Gasteiger partial charge on any atom is -0.304 e. The molecule has 0 N–H and O–H groups in total. The van der Waals surface area contributed by atoms with Gasteiger partial charge < -0.3 is 4.98 Å². The Labute approximate surface area is 216 Å². The van der Waals surface area contributed by atoms with Gasteiger partial charge in [0.25, 0.3) is 0 Å². The normalized spacial score (nSPS) is 24.7. The number of rotatable bonds is 1. The molecule has 2 aliphatic rings.